The summed E-state index contributed by atoms with van der Waals surface area (Å²) >= 11 is 0. The lowest BCUT2D eigenvalue weighted by Gasteiger charge is -2.19. The van der Waals surface area contributed by atoms with Crippen molar-refractivity contribution in [2.45, 2.75) is 64.6 Å². The molecule has 30 heavy (non-hydrogen) atoms. The van der Waals surface area contributed by atoms with E-state index in [0.29, 0.717) is 11.5 Å². The minimum atomic E-state index is -4.36. The third kappa shape index (κ3) is 6.45. The Labute approximate surface area is 175 Å². The number of carbonyl (C=O) groups is 1. The maximum atomic E-state index is 12.4. The predicted molar refractivity (Wildman–Crippen MR) is 109 cm³/mol. The van der Waals surface area contributed by atoms with Crippen molar-refractivity contribution in [2.75, 3.05) is 19.8 Å². The molecular formula is C22H30F3N3O2. The molecule has 0 unspecified atom stereocenters. The highest BCUT2D eigenvalue weighted by Crippen LogP contribution is 2.26. The molecule has 0 saturated heterocycles. The van der Waals surface area contributed by atoms with Gasteiger partial charge in [-0.2, -0.15) is 18.3 Å². The smallest absolute Gasteiger partial charge is 0.370 e. The molecule has 1 aliphatic carbocycles. The lowest BCUT2D eigenvalue weighted by Crippen LogP contribution is -2.29. The number of hydrogen-bond donors (Lipinski definition) is 1. The van der Waals surface area contributed by atoms with E-state index in [2.05, 4.69) is 10.1 Å². The van der Waals surface area contributed by atoms with Crippen molar-refractivity contribution in [1.82, 2.24) is 15.1 Å². The summed E-state index contributed by atoms with van der Waals surface area (Å²) in [6.07, 6.45) is 6.65. The van der Waals surface area contributed by atoms with E-state index < -0.39 is 12.8 Å². The summed E-state index contributed by atoms with van der Waals surface area (Å²) in [6, 6.07) is 3.54. The number of aryl methyl sites for hydroxylation is 1. The number of carbonyl (C=O) groups excluding carboxylic acids is 1. The van der Waals surface area contributed by atoms with E-state index in [0.717, 1.165) is 23.0 Å². The number of alkyl halides is 3. The number of fused-ring (bicyclic) bond motifs is 1. The first-order chi connectivity index (χ1) is 14.3. The van der Waals surface area contributed by atoms with Gasteiger partial charge in [0, 0.05) is 30.2 Å². The summed E-state index contributed by atoms with van der Waals surface area (Å²) in [7, 11) is 0. The van der Waals surface area contributed by atoms with Crippen LogP contribution in [0.25, 0.3) is 10.9 Å². The van der Waals surface area contributed by atoms with E-state index in [1.165, 1.54) is 44.9 Å². The zero-order valence-corrected chi connectivity index (χ0v) is 17.4. The van der Waals surface area contributed by atoms with Crippen LogP contribution in [-0.2, 0) is 11.3 Å². The van der Waals surface area contributed by atoms with E-state index in [9.17, 15) is 18.0 Å². The van der Waals surface area contributed by atoms with Gasteiger partial charge in [-0.15, -0.1) is 0 Å². The fourth-order valence-electron chi connectivity index (χ4n) is 4.13. The molecule has 3 rings (SSSR count). The Hall–Kier alpha value is -2.09. The highest BCUT2D eigenvalue weighted by Gasteiger charge is 2.27. The van der Waals surface area contributed by atoms with E-state index >= 15 is 0 Å². The van der Waals surface area contributed by atoms with Crippen LogP contribution in [-0.4, -0.2) is 41.6 Å². The number of benzene rings is 1. The number of amides is 1. The quantitative estimate of drug-likeness (QED) is 0.634. The first-order valence-electron chi connectivity index (χ1n) is 10.7. The van der Waals surface area contributed by atoms with Crippen molar-refractivity contribution >= 4 is 16.8 Å². The zero-order chi connectivity index (χ0) is 21.6. The summed E-state index contributed by atoms with van der Waals surface area (Å²) in [5.41, 5.74) is 2.18. The molecule has 1 aromatic carbocycles. The number of halogens is 3. The molecule has 1 aromatic heterocycles. The normalized spacial score (nSPS) is 16.4. The number of nitrogens with one attached hydrogen (secondary N) is 1. The summed E-state index contributed by atoms with van der Waals surface area (Å²) < 4.78 is 42.7. The van der Waals surface area contributed by atoms with Gasteiger partial charge in [0.15, 0.2) is 0 Å². The maximum absolute atomic E-state index is 12.4. The molecule has 8 heteroatoms. The molecule has 1 N–H and O–H groups in total. The fraction of sp³-hybridized carbons (Fsp3) is 0.636. The van der Waals surface area contributed by atoms with Gasteiger partial charge in [0.2, 0.25) is 0 Å². The highest BCUT2D eigenvalue weighted by atomic mass is 19.4. The number of nitrogens with zero attached hydrogens (tertiary/aromatic N) is 2. The second kappa shape index (κ2) is 10.3. The zero-order valence-electron chi connectivity index (χ0n) is 17.4. The van der Waals surface area contributed by atoms with Crippen molar-refractivity contribution in [3.8, 4) is 0 Å². The molecule has 1 heterocycles. The topological polar surface area (TPSA) is 56.1 Å². The number of hydrogen-bond acceptors (Lipinski definition) is 3. The molecule has 5 nitrogen and oxygen atoms in total. The van der Waals surface area contributed by atoms with Gasteiger partial charge in [0.25, 0.3) is 5.91 Å². The standard InChI is InChI=1S/C22H30F3N3O2/c1-16-18(21(29)26-11-12-30-15-22(23,24)25)9-10-20-19(16)14-28(27-20)13-17-7-5-3-2-4-6-8-17/h9-10,14,17H,2-8,11-13,15H2,1H3,(H,26,29). The van der Waals surface area contributed by atoms with Crippen LogP contribution in [0.3, 0.4) is 0 Å². The minimum absolute atomic E-state index is 0.0212. The Bertz CT molecular complexity index is 840. The van der Waals surface area contributed by atoms with Crippen molar-refractivity contribution in [3.05, 3.63) is 29.5 Å². The average Bonchev–Trinajstić information content (AvgIpc) is 3.06. The van der Waals surface area contributed by atoms with Gasteiger partial charge in [-0.1, -0.05) is 32.1 Å². The van der Waals surface area contributed by atoms with Crippen molar-refractivity contribution in [1.29, 1.82) is 0 Å². The van der Waals surface area contributed by atoms with Crippen LogP contribution in [0.2, 0.25) is 0 Å². The minimum Gasteiger partial charge on any atom is -0.370 e. The molecule has 0 atom stereocenters. The van der Waals surface area contributed by atoms with Crippen LogP contribution in [0.1, 0.15) is 60.9 Å². The highest BCUT2D eigenvalue weighted by molar-refractivity contribution is 6.00. The average molecular weight is 425 g/mol. The molecule has 2 aromatic rings. The molecule has 0 bridgehead atoms. The van der Waals surface area contributed by atoms with Crippen LogP contribution in [0, 0.1) is 12.8 Å². The second-order valence-electron chi connectivity index (χ2n) is 8.16. The van der Waals surface area contributed by atoms with Crippen LogP contribution in [0.15, 0.2) is 18.3 Å². The van der Waals surface area contributed by atoms with E-state index in [-0.39, 0.29) is 19.1 Å². The van der Waals surface area contributed by atoms with Gasteiger partial charge in [-0.3, -0.25) is 9.48 Å². The SMILES string of the molecule is Cc1c(C(=O)NCCOCC(F)(F)F)ccc2nn(CC3CCCCCCC3)cc12. The van der Waals surface area contributed by atoms with Gasteiger partial charge in [-0.25, -0.2) is 0 Å². The summed E-state index contributed by atoms with van der Waals surface area (Å²) in [5, 5.41) is 8.24. The van der Waals surface area contributed by atoms with E-state index in [1.54, 1.807) is 6.07 Å². The number of aromatic nitrogens is 2. The fourth-order valence-corrected chi connectivity index (χ4v) is 4.13. The molecular weight excluding hydrogens is 395 g/mol. The number of ether oxygens (including phenoxy) is 1. The Morgan fingerprint density at radius 1 is 1.20 bits per heavy atom. The van der Waals surface area contributed by atoms with Crippen LogP contribution >= 0.6 is 0 Å². The lowest BCUT2D eigenvalue weighted by molar-refractivity contribution is -0.173. The van der Waals surface area contributed by atoms with Gasteiger partial charge in [-0.05, 0) is 43.4 Å². The van der Waals surface area contributed by atoms with Crippen molar-refractivity contribution in [3.63, 3.8) is 0 Å². The Morgan fingerprint density at radius 3 is 2.60 bits per heavy atom. The van der Waals surface area contributed by atoms with Gasteiger partial charge >= 0.3 is 6.18 Å². The van der Waals surface area contributed by atoms with Gasteiger partial charge < -0.3 is 10.1 Å². The summed E-state index contributed by atoms with van der Waals surface area (Å²) in [5.74, 6) is 0.317. The molecule has 1 amide bonds. The molecule has 1 fully saturated rings. The second-order valence-corrected chi connectivity index (χ2v) is 8.16. The van der Waals surface area contributed by atoms with Gasteiger partial charge in [0.1, 0.15) is 6.61 Å². The largest absolute Gasteiger partial charge is 0.411 e. The third-order valence-corrected chi connectivity index (χ3v) is 5.72. The Morgan fingerprint density at radius 2 is 1.90 bits per heavy atom. The van der Waals surface area contributed by atoms with Crippen molar-refractivity contribution in [2.24, 2.45) is 5.92 Å². The third-order valence-electron chi connectivity index (χ3n) is 5.72. The first kappa shape index (κ1) is 22.6. The molecule has 166 valence electrons. The molecule has 0 radical (unpaired) electrons. The monoisotopic (exact) mass is 425 g/mol. The summed E-state index contributed by atoms with van der Waals surface area (Å²) in [6.45, 7) is 1.29. The predicted octanol–water partition coefficient (Wildman–Crippen LogP) is 5.01. The molecule has 0 aliphatic heterocycles. The lowest BCUT2D eigenvalue weighted by atomic mass is 9.91. The van der Waals surface area contributed by atoms with Gasteiger partial charge in [0.05, 0.1) is 12.1 Å². The van der Waals surface area contributed by atoms with Crippen molar-refractivity contribution < 1.29 is 22.7 Å². The van der Waals surface area contributed by atoms with E-state index in [1.807, 2.05) is 23.9 Å². The first-order valence-corrected chi connectivity index (χ1v) is 10.7. The van der Waals surface area contributed by atoms with E-state index in [4.69, 9.17) is 5.10 Å². The summed E-state index contributed by atoms with van der Waals surface area (Å²) in [4.78, 5) is 12.4. The Kier molecular flexibility index (Phi) is 7.75. The number of rotatable bonds is 7. The Balaban J connectivity index is 1.60. The van der Waals surface area contributed by atoms with Crippen LogP contribution in [0.5, 0.6) is 0 Å². The molecule has 1 aliphatic rings. The maximum Gasteiger partial charge on any atom is 0.411 e. The van der Waals surface area contributed by atoms with Crippen LogP contribution < -0.4 is 5.32 Å². The van der Waals surface area contributed by atoms with Crippen LogP contribution in [0.4, 0.5) is 13.2 Å². The molecule has 1 saturated carbocycles. The molecule has 0 spiro atoms.